The summed E-state index contributed by atoms with van der Waals surface area (Å²) in [5, 5.41) is 0. The van der Waals surface area contributed by atoms with Crippen LogP contribution in [0.4, 0.5) is 0 Å². The smallest absolute Gasteiger partial charge is 0.124 e. The van der Waals surface area contributed by atoms with Crippen LogP contribution in [-0.4, -0.2) is 25.7 Å². The number of rotatable bonds is 6. The predicted octanol–water partition coefficient (Wildman–Crippen LogP) is 2.33. The van der Waals surface area contributed by atoms with Crippen LogP contribution in [0, 0.1) is 0 Å². The summed E-state index contributed by atoms with van der Waals surface area (Å²) in [6.45, 7) is 0.629. The number of aromatic nitrogens is 1. The maximum absolute atomic E-state index is 5.60. The molecule has 0 saturated carbocycles. The van der Waals surface area contributed by atoms with Crippen molar-refractivity contribution in [1.29, 1.82) is 0 Å². The maximum Gasteiger partial charge on any atom is 0.124 e. The summed E-state index contributed by atoms with van der Waals surface area (Å²) >= 11 is 0. The lowest BCUT2D eigenvalue weighted by Crippen LogP contribution is -2.08. The Morgan fingerprint density at radius 3 is 2.50 bits per heavy atom. The molecule has 1 aromatic carbocycles. The largest absolute Gasteiger partial charge is 0.497 e. The summed E-state index contributed by atoms with van der Waals surface area (Å²) in [6, 6.07) is 11.9. The fraction of sp³-hybridized carbons (Fsp3) is 0.312. The van der Waals surface area contributed by atoms with Gasteiger partial charge in [0.05, 0.1) is 12.8 Å². The van der Waals surface area contributed by atoms with E-state index in [0.717, 1.165) is 23.4 Å². The SMILES string of the molecule is COc1ccc(C(OC)c2cc(CCN)ccn2)cc1. The number of methoxy groups -OCH3 is 2. The Bertz CT molecular complexity index is 540. The molecule has 20 heavy (non-hydrogen) atoms. The van der Waals surface area contributed by atoms with Crippen molar-refractivity contribution in [2.45, 2.75) is 12.5 Å². The molecular weight excluding hydrogens is 252 g/mol. The Hall–Kier alpha value is -1.91. The standard InChI is InChI=1S/C16H20N2O2/c1-19-14-5-3-13(4-6-14)16(20-2)15-11-12(7-9-17)8-10-18-15/h3-6,8,10-11,16H,7,9,17H2,1-2H3. The Labute approximate surface area is 119 Å². The quantitative estimate of drug-likeness (QED) is 0.877. The van der Waals surface area contributed by atoms with Crippen LogP contribution in [0.2, 0.25) is 0 Å². The number of nitrogens with two attached hydrogens (primary N) is 1. The molecule has 1 heterocycles. The molecule has 0 aliphatic rings. The number of hydrogen-bond acceptors (Lipinski definition) is 4. The lowest BCUT2D eigenvalue weighted by molar-refractivity contribution is 0.133. The molecule has 0 amide bonds. The number of pyridine rings is 1. The van der Waals surface area contributed by atoms with Gasteiger partial charge in [-0.3, -0.25) is 4.98 Å². The van der Waals surface area contributed by atoms with Gasteiger partial charge in [-0.2, -0.15) is 0 Å². The third-order valence-corrected chi connectivity index (χ3v) is 3.20. The number of nitrogens with zero attached hydrogens (tertiary/aromatic N) is 1. The first-order chi connectivity index (χ1) is 9.78. The summed E-state index contributed by atoms with van der Waals surface area (Å²) in [5.74, 6) is 0.827. The summed E-state index contributed by atoms with van der Waals surface area (Å²) in [6.07, 6.45) is 2.46. The van der Waals surface area contributed by atoms with E-state index in [-0.39, 0.29) is 6.10 Å². The second-order valence-electron chi connectivity index (χ2n) is 4.52. The monoisotopic (exact) mass is 272 g/mol. The second-order valence-corrected chi connectivity index (χ2v) is 4.52. The normalized spacial score (nSPS) is 12.2. The van der Waals surface area contributed by atoms with Crippen LogP contribution in [0.3, 0.4) is 0 Å². The third-order valence-electron chi connectivity index (χ3n) is 3.20. The molecule has 106 valence electrons. The topological polar surface area (TPSA) is 57.4 Å². The van der Waals surface area contributed by atoms with Crippen LogP contribution in [-0.2, 0) is 11.2 Å². The van der Waals surface area contributed by atoms with Crippen molar-refractivity contribution in [2.24, 2.45) is 5.73 Å². The van der Waals surface area contributed by atoms with Gasteiger partial charge in [0.2, 0.25) is 0 Å². The number of hydrogen-bond donors (Lipinski definition) is 1. The predicted molar refractivity (Wildman–Crippen MR) is 78.8 cm³/mol. The zero-order valence-electron chi connectivity index (χ0n) is 11.9. The van der Waals surface area contributed by atoms with Gasteiger partial charge < -0.3 is 15.2 Å². The fourth-order valence-corrected chi connectivity index (χ4v) is 2.17. The molecule has 1 unspecified atom stereocenters. The van der Waals surface area contributed by atoms with Crippen LogP contribution in [0.5, 0.6) is 5.75 Å². The number of ether oxygens (including phenoxy) is 2. The first-order valence-electron chi connectivity index (χ1n) is 6.60. The Balaban J connectivity index is 2.28. The molecule has 2 N–H and O–H groups in total. The summed E-state index contributed by atoms with van der Waals surface area (Å²) in [7, 11) is 3.34. The van der Waals surface area contributed by atoms with Crippen molar-refractivity contribution in [3.63, 3.8) is 0 Å². The summed E-state index contributed by atoms with van der Waals surface area (Å²) < 4.78 is 10.8. The number of benzene rings is 1. The van der Waals surface area contributed by atoms with Crippen molar-refractivity contribution >= 4 is 0 Å². The van der Waals surface area contributed by atoms with E-state index >= 15 is 0 Å². The van der Waals surface area contributed by atoms with Gasteiger partial charge in [-0.25, -0.2) is 0 Å². The molecule has 0 saturated heterocycles. The molecule has 1 aromatic heterocycles. The van der Waals surface area contributed by atoms with E-state index in [0.29, 0.717) is 6.54 Å². The van der Waals surface area contributed by atoms with Crippen LogP contribution >= 0.6 is 0 Å². The lowest BCUT2D eigenvalue weighted by Gasteiger charge is -2.16. The molecule has 0 aliphatic carbocycles. The highest BCUT2D eigenvalue weighted by Crippen LogP contribution is 2.26. The summed E-state index contributed by atoms with van der Waals surface area (Å²) in [4.78, 5) is 4.41. The van der Waals surface area contributed by atoms with E-state index in [4.69, 9.17) is 15.2 Å². The summed E-state index contributed by atoms with van der Waals surface area (Å²) in [5.41, 5.74) is 8.71. The molecule has 2 rings (SSSR count). The van der Waals surface area contributed by atoms with E-state index < -0.39 is 0 Å². The van der Waals surface area contributed by atoms with Gasteiger partial charge in [-0.15, -0.1) is 0 Å². The molecule has 4 nitrogen and oxygen atoms in total. The first-order valence-corrected chi connectivity index (χ1v) is 6.60. The van der Waals surface area contributed by atoms with Crippen LogP contribution in [0.15, 0.2) is 42.6 Å². The van der Waals surface area contributed by atoms with Crippen LogP contribution < -0.4 is 10.5 Å². The molecule has 0 radical (unpaired) electrons. The average Bonchev–Trinajstić information content (AvgIpc) is 2.49. The molecule has 1 atom stereocenters. The molecule has 0 fully saturated rings. The van der Waals surface area contributed by atoms with Crippen molar-refractivity contribution in [3.8, 4) is 5.75 Å². The van der Waals surface area contributed by atoms with E-state index in [1.54, 1.807) is 20.4 Å². The van der Waals surface area contributed by atoms with E-state index in [1.807, 2.05) is 36.4 Å². The van der Waals surface area contributed by atoms with Gasteiger partial charge >= 0.3 is 0 Å². The first kappa shape index (κ1) is 14.5. The highest BCUT2D eigenvalue weighted by molar-refractivity contribution is 5.33. The molecule has 0 aliphatic heterocycles. The molecule has 0 spiro atoms. The Kier molecular flexibility index (Phi) is 5.09. The van der Waals surface area contributed by atoms with Crippen molar-refractivity contribution < 1.29 is 9.47 Å². The highest BCUT2D eigenvalue weighted by atomic mass is 16.5. The van der Waals surface area contributed by atoms with Crippen molar-refractivity contribution in [2.75, 3.05) is 20.8 Å². The Morgan fingerprint density at radius 2 is 1.90 bits per heavy atom. The molecule has 0 bridgehead atoms. The van der Waals surface area contributed by atoms with Gasteiger partial charge in [-0.05, 0) is 48.4 Å². The van der Waals surface area contributed by atoms with Crippen molar-refractivity contribution in [3.05, 3.63) is 59.4 Å². The molecule has 2 aromatic rings. The second kappa shape index (κ2) is 7.03. The average molecular weight is 272 g/mol. The zero-order chi connectivity index (χ0) is 14.4. The van der Waals surface area contributed by atoms with Gasteiger partial charge in [0, 0.05) is 13.3 Å². The van der Waals surface area contributed by atoms with Gasteiger partial charge in [0.1, 0.15) is 11.9 Å². The zero-order valence-corrected chi connectivity index (χ0v) is 11.9. The van der Waals surface area contributed by atoms with Crippen molar-refractivity contribution in [1.82, 2.24) is 4.98 Å². The van der Waals surface area contributed by atoms with Gasteiger partial charge in [0.15, 0.2) is 0 Å². The minimum absolute atomic E-state index is 0.182. The minimum atomic E-state index is -0.182. The minimum Gasteiger partial charge on any atom is -0.497 e. The third kappa shape index (κ3) is 3.35. The van der Waals surface area contributed by atoms with Gasteiger partial charge in [0.25, 0.3) is 0 Å². The highest BCUT2D eigenvalue weighted by Gasteiger charge is 2.15. The van der Waals surface area contributed by atoms with Gasteiger partial charge in [-0.1, -0.05) is 12.1 Å². The van der Waals surface area contributed by atoms with E-state index in [2.05, 4.69) is 4.98 Å². The van der Waals surface area contributed by atoms with E-state index in [1.165, 1.54) is 5.56 Å². The maximum atomic E-state index is 5.60. The van der Waals surface area contributed by atoms with Crippen LogP contribution in [0.1, 0.15) is 22.9 Å². The fourth-order valence-electron chi connectivity index (χ4n) is 2.17. The van der Waals surface area contributed by atoms with E-state index in [9.17, 15) is 0 Å². The molecular formula is C16H20N2O2. The lowest BCUT2D eigenvalue weighted by atomic mass is 10.0. The molecule has 4 heteroatoms. The van der Waals surface area contributed by atoms with Crippen LogP contribution in [0.25, 0.3) is 0 Å². The Morgan fingerprint density at radius 1 is 1.15 bits per heavy atom.